The zero-order chi connectivity index (χ0) is 18.1. The molecular formula is C21H23N3O2. The van der Waals surface area contributed by atoms with Gasteiger partial charge >= 0.3 is 0 Å². The highest BCUT2D eigenvalue weighted by molar-refractivity contribution is 5.77. The van der Waals surface area contributed by atoms with Crippen molar-refractivity contribution in [1.82, 2.24) is 14.5 Å². The molecule has 0 radical (unpaired) electrons. The lowest BCUT2D eigenvalue weighted by molar-refractivity contribution is -0.134. The lowest BCUT2D eigenvalue weighted by atomic mass is 10.1. The number of benzene rings is 1. The van der Waals surface area contributed by atoms with E-state index in [0.717, 1.165) is 30.1 Å². The molecule has 0 spiro atoms. The van der Waals surface area contributed by atoms with Crippen molar-refractivity contribution < 1.29 is 9.21 Å². The summed E-state index contributed by atoms with van der Waals surface area (Å²) < 4.78 is 8.14. The molecule has 26 heavy (non-hydrogen) atoms. The van der Waals surface area contributed by atoms with Crippen LogP contribution in [0.4, 0.5) is 0 Å². The SMILES string of the molecule is Cc1nc(CCC(=O)N2CCn3cccc3[C@H]2C)oc1-c1ccccc1. The molecule has 3 heterocycles. The van der Waals surface area contributed by atoms with Crippen LogP contribution < -0.4 is 0 Å². The number of carbonyl (C=O) groups is 1. The van der Waals surface area contributed by atoms with Crippen molar-refractivity contribution >= 4 is 5.91 Å². The Bertz CT molecular complexity index is 910. The van der Waals surface area contributed by atoms with Gasteiger partial charge in [0.1, 0.15) is 0 Å². The molecule has 0 bridgehead atoms. The molecule has 0 saturated carbocycles. The fraction of sp³-hybridized carbons (Fsp3) is 0.333. The lowest BCUT2D eigenvalue weighted by Crippen LogP contribution is -2.40. The van der Waals surface area contributed by atoms with Gasteiger partial charge in [-0.05, 0) is 26.0 Å². The zero-order valence-corrected chi connectivity index (χ0v) is 15.2. The summed E-state index contributed by atoms with van der Waals surface area (Å²) in [7, 11) is 0. The molecule has 1 amide bonds. The van der Waals surface area contributed by atoms with Gasteiger partial charge in [-0.1, -0.05) is 30.3 Å². The third kappa shape index (κ3) is 3.05. The Morgan fingerprint density at radius 1 is 1.19 bits per heavy atom. The van der Waals surface area contributed by atoms with Crippen molar-refractivity contribution in [2.24, 2.45) is 0 Å². The standard InChI is InChI=1S/C21H23N3O2/c1-15-21(17-7-4-3-5-8-17)26-19(22-15)10-11-20(25)24-14-13-23-12-6-9-18(23)16(24)2/h3-9,12,16H,10-11,13-14H2,1-2H3/t16-/m1/s1. The van der Waals surface area contributed by atoms with Gasteiger partial charge in [0.2, 0.25) is 5.91 Å². The van der Waals surface area contributed by atoms with Gasteiger partial charge in [-0.2, -0.15) is 0 Å². The molecule has 0 N–H and O–H groups in total. The molecule has 1 aliphatic rings. The quantitative estimate of drug-likeness (QED) is 0.716. The Morgan fingerprint density at radius 3 is 2.81 bits per heavy atom. The van der Waals surface area contributed by atoms with E-state index in [1.165, 1.54) is 5.69 Å². The maximum atomic E-state index is 12.7. The van der Waals surface area contributed by atoms with Crippen LogP contribution in [0.3, 0.4) is 0 Å². The van der Waals surface area contributed by atoms with Gasteiger partial charge in [0.05, 0.1) is 11.7 Å². The first-order valence-electron chi connectivity index (χ1n) is 9.09. The summed E-state index contributed by atoms with van der Waals surface area (Å²) in [6.45, 7) is 5.64. The monoisotopic (exact) mass is 349 g/mol. The molecule has 0 saturated heterocycles. The molecule has 5 heteroatoms. The second kappa shape index (κ2) is 6.83. The highest BCUT2D eigenvalue weighted by Crippen LogP contribution is 2.27. The van der Waals surface area contributed by atoms with Crippen molar-refractivity contribution in [3.8, 4) is 11.3 Å². The van der Waals surface area contributed by atoms with Gasteiger partial charge in [-0.3, -0.25) is 4.79 Å². The van der Waals surface area contributed by atoms with Crippen LogP contribution in [0.5, 0.6) is 0 Å². The molecule has 0 fully saturated rings. The number of aryl methyl sites for hydroxylation is 2. The van der Waals surface area contributed by atoms with E-state index >= 15 is 0 Å². The molecule has 5 nitrogen and oxygen atoms in total. The number of carbonyl (C=O) groups excluding carboxylic acids is 1. The summed E-state index contributed by atoms with van der Waals surface area (Å²) in [5.41, 5.74) is 3.08. The van der Waals surface area contributed by atoms with Crippen molar-refractivity contribution in [1.29, 1.82) is 0 Å². The minimum atomic E-state index is 0.109. The van der Waals surface area contributed by atoms with Gasteiger partial charge in [0, 0.05) is 43.4 Å². The molecule has 1 atom stereocenters. The molecule has 134 valence electrons. The van der Waals surface area contributed by atoms with Gasteiger partial charge in [0.15, 0.2) is 11.7 Å². The van der Waals surface area contributed by atoms with Gasteiger partial charge in [-0.25, -0.2) is 4.98 Å². The Balaban J connectivity index is 1.43. The third-order valence-electron chi connectivity index (χ3n) is 5.09. The van der Waals surface area contributed by atoms with E-state index in [2.05, 4.69) is 28.7 Å². The van der Waals surface area contributed by atoms with Crippen LogP contribution in [0, 0.1) is 6.92 Å². The second-order valence-electron chi connectivity index (χ2n) is 6.78. The molecule has 4 rings (SSSR count). The van der Waals surface area contributed by atoms with Crippen LogP contribution in [-0.2, 0) is 17.8 Å². The Morgan fingerprint density at radius 2 is 2.00 bits per heavy atom. The Labute approximate surface area is 153 Å². The average molecular weight is 349 g/mol. The lowest BCUT2D eigenvalue weighted by Gasteiger charge is -2.35. The number of fused-ring (bicyclic) bond motifs is 1. The first-order valence-corrected chi connectivity index (χ1v) is 9.09. The van der Waals surface area contributed by atoms with Crippen molar-refractivity contribution in [3.05, 3.63) is 65.9 Å². The fourth-order valence-electron chi connectivity index (χ4n) is 3.69. The minimum absolute atomic E-state index is 0.109. The van der Waals surface area contributed by atoms with E-state index in [-0.39, 0.29) is 11.9 Å². The molecule has 3 aromatic rings. The topological polar surface area (TPSA) is 51.3 Å². The van der Waals surface area contributed by atoms with Crippen LogP contribution in [-0.4, -0.2) is 26.9 Å². The first kappa shape index (κ1) is 16.6. The normalized spacial score (nSPS) is 16.5. The second-order valence-corrected chi connectivity index (χ2v) is 6.78. The maximum Gasteiger partial charge on any atom is 0.223 e. The predicted octanol–water partition coefficient (Wildman–Crippen LogP) is 3.99. The van der Waals surface area contributed by atoms with Crippen LogP contribution >= 0.6 is 0 Å². The van der Waals surface area contributed by atoms with Crippen molar-refractivity contribution in [2.75, 3.05) is 6.54 Å². The summed E-state index contributed by atoms with van der Waals surface area (Å²) >= 11 is 0. The largest absolute Gasteiger partial charge is 0.440 e. The molecule has 0 aliphatic carbocycles. The summed E-state index contributed by atoms with van der Waals surface area (Å²) in [4.78, 5) is 19.2. The summed E-state index contributed by atoms with van der Waals surface area (Å²) in [6.07, 6.45) is 3.02. The number of hydrogen-bond donors (Lipinski definition) is 0. The van der Waals surface area contributed by atoms with E-state index in [1.807, 2.05) is 48.2 Å². The molecule has 1 aliphatic heterocycles. The smallest absolute Gasteiger partial charge is 0.223 e. The Hall–Kier alpha value is -2.82. The number of rotatable bonds is 4. The molecular weight excluding hydrogens is 326 g/mol. The van der Waals surface area contributed by atoms with E-state index in [0.29, 0.717) is 18.7 Å². The van der Waals surface area contributed by atoms with Gasteiger partial charge in [-0.15, -0.1) is 0 Å². The highest BCUT2D eigenvalue weighted by atomic mass is 16.4. The number of nitrogens with zero attached hydrogens (tertiary/aromatic N) is 3. The maximum absolute atomic E-state index is 12.7. The van der Waals surface area contributed by atoms with Crippen LogP contribution in [0.1, 0.15) is 36.7 Å². The third-order valence-corrected chi connectivity index (χ3v) is 5.09. The zero-order valence-electron chi connectivity index (χ0n) is 15.2. The van der Waals surface area contributed by atoms with E-state index in [1.54, 1.807) is 0 Å². The van der Waals surface area contributed by atoms with Gasteiger partial charge in [0.25, 0.3) is 0 Å². The highest BCUT2D eigenvalue weighted by Gasteiger charge is 2.27. The Kier molecular flexibility index (Phi) is 4.37. The first-order chi connectivity index (χ1) is 12.6. The summed E-state index contributed by atoms with van der Waals surface area (Å²) in [5.74, 6) is 1.57. The average Bonchev–Trinajstić information content (AvgIpc) is 3.28. The van der Waals surface area contributed by atoms with Gasteiger partial charge < -0.3 is 13.9 Å². The minimum Gasteiger partial charge on any atom is -0.440 e. The van der Waals surface area contributed by atoms with Crippen LogP contribution in [0.25, 0.3) is 11.3 Å². The van der Waals surface area contributed by atoms with E-state index in [9.17, 15) is 4.79 Å². The number of aromatic nitrogens is 2. The van der Waals surface area contributed by atoms with Crippen LogP contribution in [0.15, 0.2) is 53.1 Å². The van der Waals surface area contributed by atoms with Crippen molar-refractivity contribution in [3.63, 3.8) is 0 Å². The van der Waals surface area contributed by atoms with E-state index in [4.69, 9.17) is 4.42 Å². The van der Waals surface area contributed by atoms with E-state index < -0.39 is 0 Å². The number of hydrogen-bond acceptors (Lipinski definition) is 3. The number of oxazole rings is 1. The summed E-state index contributed by atoms with van der Waals surface area (Å²) in [5, 5.41) is 0. The molecule has 1 aromatic carbocycles. The predicted molar refractivity (Wildman–Crippen MR) is 99.6 cm³/mol. The van der Waals surface area contributed by atoms with Crippen LogP contribution in [0.2, 0.25) is 0 Å². The molecule has 2 aromatic heterocycles. The fourth-order valence-corrected chi connectivity index (χ4v) is 3.69. The summed E-state index contributed by atoms with van der Waals surface area (Å²) in [6, 6.07) is 14.2. The van der Waals surface area contributed by atoms with Crippen molar-refractivity contribution in [2.45, 2.75) is 39.3 Å². The number of amides is 1. The molecule has 0 unspecified atom stereocenters.